The number of halogens is 1. The lowest BCUT2D eigenvalue weighted by Gasteiger charge is -2.02. The van der Waals surface area contributed by atoms with Crippen LogP contribution >= 0.6 is 23.4 Å². The molecule has 1 aromatic rings. The summed E-state index contributed by atoms with van der Waals surface area (Å²) in [5.74, 6) is 1.33. The molecule has 1 rings (SSSR count). The normalized spacial score (nSPS) is 10.2. The molecule has 0 bridgehead atoms. The van der Waals surface area contributed by atoms with Crippen LogP contribution in [-0.4, -0.2) is 10.9 Å². The zero-order chi connectivity index (χ0) is 8.97. The zero-order valence-electron chi connectivity index (χ0n) is 6.88. The maximum Gasteiger partial charge on any atom is 0.129 e. The van der Waals surface area contributed by atoms with Crippen molar-refractivity contribution in [3.8, 4) is 5.75 Å². The molecule has 0 heterocycles. The second-order valence-corrected chi connectivity index (χ2v) is 4.03. The first-order chi connectivity index (χ1) is 5.74. The molecule has 66 valence electrons. The highest BCUT2D eigenvalue weighted by atomic mass is 35.5. The van der Waals surface area contributed by atoms with Gasteiger partial charge in [-0.25, -0.2) is 0 Å². The molecule has 0 aliphatic carbocycles. The Hall–Kier alpha value is -0.340. The summed E-state index contributed by atoms with van der Waals surface area (Å²) in [4.78, 5) is 0.865. The predicted octanol–water partition coefficient (Wildman–Crippen LogP) is 3.55. The highest BCUT2D eigenvalue weighted by molar-refractivity contribution is 7.99. The first-order valence-electron chi connectivity index (χ1n) is 3.85. The van der Waals surface area contributed by atoms with Gasteiger partial charge in [-0.2, -0.15) is 0 Å². The van der Waals surface area contributed by atoms with Gasteiger partial charge in [0, 0.05) is 5.02 Å². The van der Waals surface area contributed by atoms with Gasteiger partial charge in [0.2, 0.25) is 0 Å². The van der Waals surface area contributed by atoms with Crippen LogP contribution in [0.15, 0.2) is 23.1 Å². The van der Waals surface area contributed by atoms with Crippen molar-refractivity contribution < 1.29 is 5.11 Å². The fourth-order valence-corrected chi connectivity index (χ4v) is 1.90. The van der Waals surface area contributed by atoms with Crippen LogP contribution in [0.1, 0.15) is 13.3 Å². The third-order valence-corrected chi connectivity index (χ3v) is 2.87. The van der Waals surface area contributed by atoms with Gasteiger partial charge in [-0.15, -0.1) is 11.8 Å². The van der Waals surface area contributed by atoms with Crippen LogP contribution in [0, 0.1) is 0 Å². The number of rotatable bonds is 3. The molecular weight excluding hydrogens is 192 g/mol. The molecule has 0 saturated heterocycles. The number of hydrogen-bond acceptors (Lipinski definition) is 2. The van der Waals surface area contributed by atoms with Crippen molar-refractivity contribution in [2.24, 2.45) is 0 Å². The molecule has 0 atom stereocenters. The minimum Gasteiger partial charge on any atom is -0.507 e. The summed E-state index contributed by atoms with van der Waals surface area (Å²) in [6, 6.07) is 5.10. The minimum absolute atomic E-state index is 0.317. The van der Waals surface area contributed by atoms with Gasteiger partial charge in [-0.1, -0.05) is 18.5 Å². The van der Waals surface area contributed by atoms with E-state index in [1.54, 1.807) is 30.0 Å². The van der Waals surface area contributed by atoms with E-state index in [0.29, 0.717) is 10.8 Å². The van der Waals surface area contributed by atoms with Gasteiger partial charge in [0.25, 0.3) is 0 Å². The van der Waals surface area contributed by atoms with E-state index < -0.39 is 0 Å². The maximum absolute atomic E-state index is 9.38. The molecule has 1 aromatic carbocycles. The summed E-state index contributed by atoms with van der Waals surface area (Å²) in [5, 5.41) is 10.1. The van der Waals surface area contributed by atoms with Crippen LogP contribution in [-0.2, 0) is 0 Å². The van der Waals surface area contributed by atoms with Gasteiger partial charge < -0.3 is 5.11 Å². The lowest BCUT2D eigenvalue weighted by atomic mass is 10.3. The second kappa shape index (κ2) is 4.63. The molecule has 0 aliphatic heterocycles. The largest absolute Gasteiger partial charge is 0.507 e. The molecule has 0 amide bonds. The zero-order valence-corrected chi connectivity index (χ0v) is 8.45. The van der Waals surface area contributed by atoms with Crippen LogP contribution in [0.5, 0.6) is 5.75 Å². The van der Waals surface area contributed by atoms with E-state index in [0.717, 1.165) is 17.1 Å². The molecule has 3 heteroatoms. The third-order valence-electron chi connectivity index (χ3n) is 1.38. The van der Waals surface area contributed by atoms with Crippen molar-refractivity contribution in [3.63, 3.8) is 0 Å². The minimum atomic E-state index is 0.317. The van der Waals surface area contributed by atoms with Crippen molar-refractivity contribution >= 4 is 23.4 Å². The molecule has 0 saturated carbocycles. The molecular formula is C9H11ClOS. The van der Waals surface area contributed by atoms with Crippen LogP contribution in [0.3, 0.4) is 0 Å². The Morgan fingerprint density at radius 2 is 2.25 bits per heavy atom. The van der Waals surface area contributed by atoms with Crippen LogP contribution in [0.4, 0.5) is 0 Å². The van der Waals surface area contributed by atoms with Crippen molar-refractivity contribution in [1.82, 2.24) is 0 Å². The van der Waals surface area contributed by atoms with E-state index >= 15 is 0 Å². The molecule has 0 fully saturated rings. The fraction of sp³-hybridized carbons (Fsp3) is 0.333. The molecule has 0 unspecified atom stereocenters. The molecule has 0 radical (unpaired) electrons. The number of hydrogen-bond donors (Lipinski definition) is 1. The quantitative estimate of drug-likeness (QED) is 0.757. The summed E-state index contributed by atoms with van der Waals surface area (Å²) in [6.45, 7) is 2.11. The van der Waals surface area contributed by atoms with Crippen LogP contribution < -0.4 is 0 Å². The van der Waals surface area contributed by atoms with Gasteiger partial charge in [0.15, 0.2) is 0 Å². The Bertz CT molecular complexity index is 263. The Morgan fingerprint density at radius 3 is 2.92 bits per heavy atom. The summed E-state index contributed by atoms with van der Waals surface area (Å²) >= 11 is 7.40. The van der Waals surface area contributed by atoms with Gasteiger partial charge in [-0.3, -0.25) is 0 Å². The Balaban J connectivity index is 2.75. The van der Waals surface area contributed by atoms with Crippen molar-refractivity contribution in [3.05, 3.63) is 23.2 Å². The average Bonchev–Trinajstić information content (AvgIpc) is 2.07. The van der Waals surface area contributed by atoms with Crippen molar-refractivity contribution in [2.45, 2.75) is 18.2 Å². The van der Waals surface area contributed by atoms with Gasteiger partial charge in [0.05, 0.1) is 4.90 Å². The number of aromatic hydroxyl groups is 1. The van der Waals surface area contributed by atoms with E-state index in [-0.39, 0.29) is 0 Å². The Labute approximate surface area is 81.7 Å². The summed E-state index contributed by atoms with van der Waals surface area (Å²) < 4.78 is 0. The molecule has 0 aromatic heterocycles. The topological polar surface area (TPSA) is 20.2 Å². The van der Waals surface area contributed by atoms with Gasteiger partial charge >= 0.3 is 0 Å². The highest BCUT2D eigenvalue weighted by Crippen LogP contribution is 2.30. The number of phenolic OH excluding ortho intramolecular Hbond substituents is 1. The second-order valence-electron chi connectivity index (χ2n) is 2.46. The highest BCUT2D eigenvalue weighted by Gasteiger charge is 2.00. The first-order valence-corrected chi connectivity index (χ1v) is 5.21. The Kier molecular flexibility index (Phi) is 3.76. The lowest BCUT2D eigenvalue weighted by Crippen LogP contribution is -1.77. The summed E-state index contributed by atoms with van der Waals surface area (Å²) in [6.07, 6.45) is 1.09. The summed E-state index contributed by atoms with van der Waals surface area (Å²) in [7, 11) is 0. The van der Waals surface area contributed by atoms with Crippen LogP contribution in [0.25, 0.3) is 0 Å². The van der Waals surface area contributed by atoms with E-state index in [9.17, 15) is 5.11 Å². The monoisotopic (exact) mass is 202 g/mol. The van der Waals surface area contributed by atoms with E-state index in [1.807, 2.05) is 0 Å². The van der Waals surface area contributed by atoms with E-state index in [2.05, 4.69) is 6.92 Å². The number of benzene rings is 1. The van der Waals surface area contributed by atoms with Crippen LogP contribution in [0.2, 0.25) is 5.02 Å². The predicted molar refractivity (Wildman–Crippen MR) is 54.1 cm³/mol. The molecule has 1 N–H and O–H groups in total. The number of phenols is 1. The smallest absolute Gasteiger partial charge is 0.129 e. The number of thioether (sulfide) groups is 1. The van der Waals surface area contributed by atoms with Gasteiger partial charge in [-0.05, 0) is 30.4 Å². The molecule has 1 nitrogen and oxygen atoms in total. The summed E-state index contributed by atoms with van der Waals surface area (Å²) in [5.41, 5.74) is 0. The first kappa shape index (κ1) is 9.75. The van der Waals surface area contributed by atoms with Crippen molar-refractivity contribution in [1.29, 1.82) is 0 Å². The fourth-order valence-electron chi connectivity index (χ4n) is 0.816. The van der Waals surface area contributed by atoms with Gasteiger partial charge in [0.1, 0.15) is 5.75 Å². The maximum atomic E-state index is 9.38. The Morgan fingerprint density at radius 1 is 1.50 bits per heavy atom. The van der Waals surface area contributed by atoms with E-state index in [4.69, 9.17) is 11.6 Å². The molecule has 0 aliphatic rings. The molecule has 0 spiro atoms. The molecule has 12 heavy (non-hydrogen) atoms. The SMILES string of the molecule is CCCSc1cc(Cl)ccc1O. The van der Waals surface area contributed by atoms with Crippen molar-refractivity contribution in [2.75, 3.05) is 5.75 Å². The third kappa shape index (κ3) is 2.61. The standard InChI is InChI=1S/C9H11ClOS/c1-2-5-12-9-6-7(10)3-4-8(9)11/h3-4,6,11H,2,5H2,1H3. The average molecular weight is 203 g/mol. The van der Waals surface area contributed by atoms with E-state index in [1.165, 1.54) is 0 Å². The lowest BCUT2D eigenvalue weighted by molar-refractivity contribution is 0.462.